The second kappa shape index (κ2) is 10.5. The molecule has 0 spiro atoms. The number of nitrogens with one attached hydrogen (secondary N) is 1. The van der Waals surface area contributed by atoms with Crippen LogP contribution < -0.4 is 11.1 Å². The van der Waals surface area contributed by atoms with Crippen molar-refractivity contribution in [2.24, 2.45) is 0 Å². The van der Waals surface area contributed by atoms with Crippen LogP contribution in [0.5, 0.6) is 5.75 Å². The molecule has 1 amide bonds. The minimum Gasteiger partial charge on any atom is -0.508 e. The molecule has 1 aliphatic heterocycles. The fourth-order valence-corrected chi connectivity index (χ4v) is 4.32. The first-order valence-electron chi connectivity index (χ1n) is 10.7. The van der Waals surface area contributed by atoms with E-state index in [-0.39, 0.29) is 17.5 Å². The number of ether oxygens (including phenoxy) is 1. The summed E-state index contributed by atoms with van der Waals surface area (Å²) < 4.78 is 7.01. The Balaban J connectivity index is 1.33. The van der Waals surface area contributed by atoms with E-state index in [1.807, 2.05) is 0 Å². The number of fused-ring (bicyclic) bond motifs is 1. The summed E-state index contributed by atoms with van der Waals surface area (Å²) in [7, 11) is 0. The summed E-state index contributed by atoms with van der Waals surface area (Å²) in [5.41, 5.74) is 7.63. The summed E-state index contributed by atoms with van der Waals surface area (Å²) >= 11 is 1.29. The van der Waals surface area contributed by atoms with Gasteiger partial charge in [0, 0.05) is 18.7 Å². The number of hydrogen-bond donors (Lipinski definition) is 6. The molecule has 7 N–H and O–H groups in total. The number of carbonyl (C=O) groups excluding carboxylic acids is 1. The molecule has 2 aromatic heterocycles. The van der Waals surface area contributed by atoms with Gasteiger partial charge in [0.1, 0.15) is 29.6 Å². The lowest BCUT2D eigenvalue weighted by atomic mass is 10.1. The highest BCUT2D eigenvalue weighted by Gasteiger charge is 2.44. The second-order valence-corrected chi connectivity index (χ2v) is 8.87. The molecule has 4 unspecified atom stereocenters. The molecule has 1 aromatic carbocycles. The van der Waals surface area contributed by atoms with Crippen LogP contribution in [0, 0.1) is 0 Å². The monoisotopic (exact) mass is 490 g/mol. The Hall–Kier alpha value is -2.97. The summed E-state index contributed by atoms with van der Waals surface area (Å²) in [5.74, 6) is 0.744. The van der Waals surface area contributed by atoms with Gasteiger partial charge < -0.3 is 36.2 Å². The van der Waals surface area contributed by atoms with Crippen LogP contribution in [0.25, 0.3) is 11.2 Å². The Morgan fingerprint density at radius 2 is 1.97 bits per heavy atom. The molecule has 1 aliphatic rings. The highest BCUT2D eigenvalue weighted by atomic mass is 32.2. The lowest BCUT2D eigenvalue weighted by Crippen LogP contribution is -2.33. The average molecular weight is 491 g/mol. The predicted molar refractivity (Wildman–Crippen MR) is 123 cm³/mol. The van der Waals surface area contributed by atoms with Crippen LogP contribution >= 0.6 is 11.8 Å². The molecular weight excluding hydrogens is 464 g/mol. The number of carbonyl (C=O) groups is 1. The molecule has 1 saturated heterocycles. The molecule has 12 nitrogen and oxygen atoms in total. The number of amides is 1. The van der Waals surface area contributed by atoms with Gasteiger partial charge in [0.15, 0.2) is 22.8 Å². The van der Waals surface area contributed by atoms with Crippen LogP contribution in [0.2, 0.25) is 0 Å². The number of aromatic hydroxyl groups is 1. The van der Waals surface area contributed by atoms with Gasteiger partial charge in [-0.3, -0.25) is 9.36 Å². The highest BCUT2D eigenvalue weighted by Crippen LogP contribution is 2.32. The quantitative estimate of drug-likeness (QED) is 0.130. The number of imidazole rings is 1. The lowest BCUT2D eigenvalue weighted by Gasteiger charge is -2.16. The number of aromatic nitrogens is 4. The van der Waals surface area contributed by atoms with Crippen molar-refractivity contribution in [3.05, 3.63) is 36.2 Å². The van der Waals surface area contributed by atoms with Crippen LogP contribution in [0.3, 0.4) is 0 Å². The summed E-state index contributed by atoms with van der Waals surface area (Å²) in [6.07, 6.45) is -2.16. The molecule has 182 valence electrons. The fraction of sp³-hybridized carbons (Fsp3) is 0.429. The number of hydrogen-bond acceptors (Lipinski definition) is 11. The Bertz CT molecular complexity index is 1140. The standard InChI is InChI=1S/C21H26N6O6S/c22-18-15-19(27(10-24-15)20-17(32)16(31)13(9-28)33-20)26-21(25-18)34-8-7-23-14(30)6-3-11-1-4-12(29)5-2-11/h1-2,4-5,10,13,16-17,20,28-29,31-32H,3,6-9H2,(H,23,30)(H2,22,25,26). The SMILES string of the molecule is Nc1nc(SCCNC(=O)CCc2ccc(O)cc2)nc2c1ncn2C1OC(CO)C(O)C1O. The van der Waals surface area contributed by atoms with E-state index >= 15 is 0 Å². The zero-order valence-corrected chi connectivity index (χ0v) is 18.9. The molecule has 3 heterocycles. The van der Waals surface area contributed by atoms with Crippen molar-refractivity contribution in [2.45, 2.75) is 42.5 Å². The van der Waals surface area contributed by atoms with Gasteiger partial charge in [0.2, 0.25) is 5.91 Å². The maximum Gasteiger partial charge on any atom is 0.220 e. The maximum absolute atomic E-state index is 12.1. The number of benzene rings is 1. The normalized spacial score (nSPS) is 22.3. The van der Waals surface area contributed by atoms with E-state index in [2.05, 4.69) is 20.3 Å². The van der Waals surface area contributed by atoms with Gasteiger partial charge in [-0.2, -0.15) is 0 Å². The van der Waals surface area contributed by atoms with Gasteiger partial charge in [-0.15, -0.1) is 0 Å². The van der Waals surface area contributed by atoms with Crippen molar-refractivity contribution >= 4 is 34.7 Å². The zero-order chi connectivity index (χ0) is 24.2. The third-order valence-corrected chi connectivity index (χ3v) is 6.30. The number of aryl methyl sites for hydroxylation is 1. The summed E-state index contributed by atoms with van der Waals surface area (Å²) in [4.78, 5) is 25.0. The summed E-state index contributed by atoms with van der Waals surface area (Å²) in [5, 5.41) is 42.2. The Labute approximate surface area is 198 Å². The summed E-state index contributed by atoms with van der Waals surface area (Å²) in [6.45, 7) is -0.0469. The van der Waals surface area contributed by atoms with E-state index in [0.29, 0.717) is 41.5 Å². The maximum atomic E-state index is 12.1. The average Bonchev–Trinajstić information content (AvgIpc) is 3.37. The van der Waals surface area contributed by atoms with Gasteiger partial charge >= 0.3 is 0 Å². The molecule has 13 heteroatoms. The fourth-order valence-electron chi connectivity index (χ4n) is 3.62. The molecule has 0 saturated carbocycles. The number of phenols is 1. The number of nitrogens with zero attached hydrogens (tertiary/aromatic N) is 4. The number of thioether (sulfide) groups is 1. The van der Waals surface area contributed by atoms with Gasteiger partial charge in [-0.05, 0) is 24.1 Å². The van der Waals surface area contributed by atoms with Crippen LogP contribution in [0.1, 0.15) is 18.2 Å². The van der Waals surface area contributed by atoms with Crippen LogP contribution in [-0.4, -0.2) is 83.1 Å². The number of aliphatic hydroxyl groups excluding tert-OH is 3. The van der Waals surface area contributed by atoms with E-state index in [4.69, 9.17) is 10.5 Å². The first kappa shape index (κ1) is 24.2. The third-order valence-electron chi connectivity index (χ3n) is 5.45. The number of anilines is 1. The van der Waals surface area contributed by atoms with Gasteiger partial charge in [-0.25, -0.2) is 15.0 Å². The molecule has 0 aliphatic carbocycles. The molecule has 1 fully saturated rings. The van der Waals surface area contributed by atoms with Crippen LogP contribution in [-0.2, 0) is 16.0 Å². The van der Waals surface area contributed by atoms with Crippen molar-refractivity contribution in [1.82, 2.24) is 24.8 Å². The zero-order valence-electron chi connectivity index (χ0n) is 18.1. The number of phenolic OH excluding ortho intramolecular Hbond substituents is 1. The molecule has 0 radical (unpaired) electrons. The molecule has 34 heavy (non-hydrogen) atoms. The van der Waals surface area contributed by atoms with Gasteiger partial charge in [0.05, 0.1) is 12.9 Å². The van der Waals surface area contributed by atoms with E-state index in [9.17, 15) is 25.2 Å². The smallest absolute Gasteiger partial charge is 0.220 e. The molecule has 3 aromatic rings. The predicted octanol–water partition coefficient (Wildman–Crippen LogP) is -0.433. The van der Waals surface area contributed by atoms with Crippen molar-refractivity contribution in [3.8, 4) is 5.75 Å². The summed E-state index contributed by atoms with van der Waals surface area (Å²) in [6, 6.07) is 6.73. The van der Waals surface area contributed by atoms with E-state index in [0.717, 1.165) is 5.56 Å². The van der Waals surface area contributed by atoms with E-state index in [1.54, 1.807) is 24.3 Å². The molecule has 4 atom stereocenters. The van der Waals surface area contributed by atoms with Crippen LogP contribution in [0.15, 0.2) is 35.7 Å². The van der Waals surface area contributed by atoms with Crippen LogP contribution in [0.4, 0.5) is 5.82 Å². The Morgan fingerprint density at radius 3 is 2.68 bits per heavy atom. The largest absolute Gasteiger partial charge is 0.508 e. The Morgan fingerprint density at radius 1 is 1.21 bits per heavy atom. The number of rotatable bonds is 9. The highest BCUT2D eigenvalue weighted by molar-refractivity contribution is 7.99. The number of aliphatic hydroxyl groups is 3. The minimum absolute atomic E-state index is 0.0907. The number of nitrogens with two attached hydrogens (primary N) is 1. The van der Waals surface area contributed by atoms with Gasteiger partial charge in [0.25, 0.3) is 0 Å². The molecule has 0 bridgehead atoms. The second-order valence-electron chi connectivity index (χ2n) is 7.81. The van der Waals surface area contributed by atoms with E-state index in [1.165, 1.54) is 22.7 Å². The Kier molecular flexibility index (Phi) is 7.48. The van der Waals surface area contributed by atoms with Gasteiger partial charge in [-0.1, -0.05) is 23.9 Å². The topological polar surface area (TPSA) is 189 Å². The minimum atomic E-state index is -1.28. The van der Waals surface area contributed by atoms with E-state index < -0.39 is 31.1 Å². The number of nitrogen functional groups attached to an aromatic ring is 1. The molecular formula is C21H26N6O6S. The van der Waals surface area contributed by atoms with Crippen molar-refractivity contribution in [2.75, 3.05) is 24.6 Å². The van der Waals surface area contributed by atoms with Crippen molar-refractivity contribution in [3.63, 3.8) is 0 Å². The first-order valence-corrected chi connectivity index (χ1v) is 11.7. The lowest BCUT2D eigenvalue weighted by molar-refractivity contribution is -0.120. The molecule has 4 rings (SSSR count). The van der Waals surface area contributed by atoms with Crippen molar-refractivity contribution < 1.29 is 30.0 Å². The van der Waals surface area contributed by atoms with Crippen molar-refractivity contribution in [1.29, 1.82) is 0 Å². The first-order chi connectivity index (χ1) is 16.4. The third kappa shape index (κ3) is 5.23.